The normalized spacial score (nSPS) is 23.8. The van der Waals surface area contributed by atoms with Crippen molar-refractivity contribution in [1.82, 2.24) is 10.6 Å². The lowest BCUT2D eigenvalue weighted by Gasteiger charge is -2.30. The molecule has 1 aliphatic heterocycles. The van der Waals surface area contributed by atoms with Crippen molar-refractivity contribution in [3.8, 4) is 0 Å². The van der Waals surface area contributed by atoms with Crippen LogP contribution in [0.25, 0.3) is 10.8 Å². The number of carbonyl (C=O) groups excluding carboxylic acids is 1. The molecule has 2 unspecified atom stereocenters. The number of rotatable bonds is 4. The Morgan fingerprint density at radius 3 is 2.75 bits per heavy atom. The van der Waals surface area contributed by atoms with Gasteiger partial charge in [0, 0.05) is 19.2 Å². The van der Waals surface area contributed by atoms with Crippen LogP contribution in [0.2, 0.25) is 0 Å². The lowest BCUT2D eigenvalue weighted by atomic mass is 10.0. The molecule has 2 fully saturated rings. The summed E-state index contributed by atoms with van der Waals surface area (Å²) in [5.41, 5.74) is 1.12. The van der Waals surface area contributed by atoms with Crippen LogP contribution in [-0.4, -0.2) is 24.8 Å². The smallest absolute Gasteiger partial charge is 0.315 e. The van der Waals surface area contributed by atoms with E-state index in [0.717, 1.165) is 30.9 Å². The Hall–Kier alpha value is -2.07. The topological polar surface area (TPSA) is 50.4 Å². The highest BCUT2D eigenvalue weighted by molar-refractivity contribution is 5.83. The monoisotopic (exact) mass is 324 g/mol. The van der Waals surface area contributed by atoms with Gasteiger partial charge in [0.2, 0.25) is 0 Å². The number of urea groups is 1. The Bertz CT molecular complexity index is 726. The van der Waals surface area contributed by atoms with Crippen molar-refractivity contribution in [3.05, 3.63) is 48.0 Å². The summed E-state index contributed by atoms with van der Waals surface area (Å²) < 4.78 is 5.81. The van der Waals surface area contributed by atoms with E-state index in [1.807, 2.05) is 12.1 Å². The second kappa shape index (κ2) is 6.81. The minimum atomic E-state index is -0.0791. The van der Waals surface area contributed by atoms with Gasteiger partial charge in [-0.2, -0.15) is 0 Å². The molecule has 126 valence electrons. The lowest BCUT2D eigenvalue weighted by molar-refractivity contribution is -0.00914. The fourth-order valence-electron chi connectivity index (χ4n) is 3.52. The molecule has 1 saturated carbocycles. The molecule has 1 saturated heterocycles. The SMILES string of the molecule is O=C(NCc1ccc2ccccc2c1)NC1CCOC(C2CC2)C1. The average molecular weight is 324 g/mol. The van der Waals surface area contributed by atoms with Gasteiger partial charge in [0.25, 0.3) is 0 Å². The van der Waals surface area contributed by atoms with Crippen molar-refractivity contribution in [2.75, 3.05) is 6.61 Å². The van der Waals surface area contributed by atoms with Crippen molar-refractivity contribution in [2.45, 2.75) is 44.4 Å². The number of carbonyl (C=O) groups is 1. The number of nitrogens with one attached hydrogen (secondary N) is 2. The van der Waals surface area contributed by atoms with Crippen LogP contribution in [0.5, 0.6) is 0 Å². The van der Waals surface area contributed by atoms with E-state index in [4.69, 9.17) is 4.74 Å². The number of ether oxygens (including phenoxy) is 1. The molecule has 4 nitrogen and oxygen atoms in total. The highest BCUT2D eigenvalue weighted by Gasteiger charge is 2.36. The minimum absolute atomic E-state index is 0.0791. The quantitative estimate of drug-likeness (QED) is 0.903. The summed E-state index contributed by atoms with van der Waals surface area (Å²) in [6.07, 6.45) is 4.78. The first kappa shape index (κ1) is 15.5. The lowest BCUT2D eigenvalue weighted by Crippen LogP contribution is -2.46. The van der Waals surface area contributed by atoms with E-state index >= 15 is 0 Å². The number of fused-ring (bicyclic) bond motifs is 1. The van der Waals surface area contributed by atoms with Gasteiger partial charge in [-0.1, -0.05) is 36.4 Å². The summed E-state index contributed by atoms with van der Waals surface area (Å²) in [5, 5.41) is 8.51. The van der Waals surface area contributed by atoms with E-state index in [2.05, 4.69) is 41.0 Å². The highest BCUT2D eigenvalue weighted by atomic mass is 16.5. The third kappa shape index (κ3) is 3.70. The average Bonchev–Trinajstić information content (AvgIpc) is 3.45. The Morgan fingerprint density at radius 1 is 1.08 bits per heavy atom. The van der Waals surface area contributed by atoms with Gasteiger partial charge in [0.05, 0.1) is 6.10 Å². The first-order valence-corrected chi connectivity index (χ1v) is 8.91. The highest BCUT2D eigenvalue weighted by Crippen LogP contribution is 2.38. The fourth-order valence-corrected chi connectivity index (χ4v) is 3.52. The van der Waals surface area contributed by atoms with Crippen molar-refractivity contribution in [2.24, 2.45) is 5.92 Å². The number of hydrogen-bond acceptors (Lipinski definition) is 2. The predicted octanol–water partition coefficient (Wildman–Crippen LogP) is 3.60. The molecule has 0 bridgehead atoms. The zero-order chi connectivity index (χ0) is 16.4. The Labute approximate surface area is 142 Å². The molecule has 0 aromatic heterocycles. The largest absolute Gasteiger partial charge is 0.378 e. The molecule has 2 aliphatic rings. The van der Waals surface area contributed by atoms with Gasteiger partial charge < -0.3 is 15.4 Å². The van der Waals surface area contributed by atoms with Gasteiger partial charge in [0.1, 0.15) is 0 Å². The maximum Gasteiger partial charge on any atom is 0.315 e. The fraction of sp³-hybridized carbons (Fsp3) is 0.450. The maximum atomic E-state index is 12.2. The van der Waals surface area contributed by atoms with Crippen molar-refractivity contribution < 1.29 is 9.53 Å². The number of hydrogen-bond donors (Lipinski definition) is 2. The number of benzene rings is 2. The van der Waals surface area contributed by atoms with E-state index in [-0.39, 0.29) is 12.1 Å². The van der Waals surface area contributed by atoms with Gasteiger partial charge >= 0.3 is 6.03 Å². The second-order valence-electron chi connectivity index (χ2n) is 6.98. The molecule has 2 N–H and O–H groups in total. The first-order valence-electron chi connectivity index (χ1n) is 8.91. The summed E-state index contributed by atoms with van der Waals surface area (Å²) in [7, 11) is 0. The zero-order valence-corrected chi connectivity index (χ0v) is 13.8. The molecule has 1 aliphatic carbocycles. The second-order valence-corrected chi connectivity index (χ2v) is 6.98. The summed E-state index contributed by atoms with van der Waals surface area (Å²) >= 11 is 0. The molecule has 4 heteroatoms. The molecule has 24 heavy (non-hydrogen) atoms. The van der Waals surface area contributed by atoms with Crippen molar-refractivity contribution in [3.63, 3.8) is 0 Å². The van der Waals surface area contributed by atoms with E-state index in [9.17, 15) is 4.79 Å². The van der Waals surface area contributed by atoms with Gasteiger partial charge in [-0.3, -0.25) is 0 Å². The van der Waals surface area contributed by atoms with Gasteiger partial charge in [-0.05, 0) is 54.0 Å². The minimum Gasteiger partial charge on any atom is -0.378 e. The van der Waals surface area contributed by atoms with Crippen LogP contribution in [0.1, 0.15) is 31.2 Å². The summed E-state index contributed by atoms with van der Waals surface area (Å²) in [4.78, 5) is 12.2. The van der Waals surface area contributed by atoms with E-state index < -0.39 is 0 Å². The Morgan fingerprint density at radius 2 is 1.92 bits per heavy atom. The van der Waals surface area contributed by atoms with Crippen LogP contribution >= 0.6 is 0 Å². The standard InChI is InChI=1S/C20H24N2O2/c23-20(22-18-9-10-24-19(12-18)16-7-8-16)21-13-14-5-6-15-3-1-2-4-17(15)11-14/h1-6,11,16,18-19H,7-10,12-13H2,(H2,21,22,23). The van der Waals surface area contributed by atoms with Crippen LogP contribution in [0.4, 0.5) is 4.79 Å². The van der Waals surface area contributed by atoms with E-state index in [1.165, 1.54) is 23.6 Å². The molecule has 2 aromatic carbocycles. The molecule has 2 amide bonds. The summed E-state index contributed by atoms with van der Waals surface area (Å²) in [6, 6.07) is 14.7. The molecule has 1 heterocycles. The van der Waals surface area contributed by atoms with Gasteiger partial charge in [-0.15, -0.1) is 0 Å². The summed E-state index contributed by atoms with van der Waals surface area (Å²) in [5.74, 6) is 0.732. The molecular weight excluding hydrogens is 300 g/mol. The third-order valence-corrected chi connectivity index (χ3v) is 5.07. The first-order chi connectivity index (χ1) is 11.8. The molecule has 0 radical (unpaired) electrons. The van der Waals surface area contributed by atoms with Crippen LogP contribution in [0.3, 0.4) is 0 Å². The number of amides is 2. The van der Waals surface area contributed by atoms with Crippen LogP contribution < -0.4 is 10.6 Å². The van der Waals surface area contributed by atoms with E-state index in [1.54, 1.807) is 0 Å². The Balaban J connectivity index is 1.29. The van der Waals surface area contributed by atoms with Gasteiger partial charge in [0.15, 0.2) is 0 Å². The third-order valence-electron chi connectivity index (χ3n) is 5.07. The van der Waals surface area contributed by atoms with Crippen LogP contribution in [-0.2, 0) is 11.3 Å². The zero-order valence-electron chi connectivity index (χ0n) is 13.8. The van der Waals surface area contributed by atoms with Crippen LogP contribution in [0.15, 0.2) is 42.5 Å². The predicted molar refractivity (Wildman–Crippen MR) is 94.8 cm³/mol. The summed E-state index contributed by atoms with van der Waals surface area (Å²) in [6.45, 7) is 1.31. The molecular formula is C20H24N2O2. The maximum absolute atomic E-state index is 12.2. The van der Waals surface area contributed by atoms with E-state index in [0.29, 0.717) is 12.6 Å². The molecule has 2 atom stereocenters. The molecule has 4 rings (SSSR count). The van der Waals surface area contributed by atoms with Crippen LogP contribution in [0, 0.1) is 5.92 Å². The van der Waals surface area contributed by atoms with Crippen molar-refractivity contribution in [1.29, 1.82) is 0 Å². The Kier molecular flexibility index (Phi) is 4.39. The van der Waals surface area contributed by atoms with Crippen molar-refractivity contribution >= 4 is 16.8 Å². The molecule has 2 aromatic rings. The molecule has 0 spiro atoms. The van der Waals surface area contributed by atoms with Gasteiger partial charge in [-0.25, -0.2) is 4.79 Å².